The van der Waals surface area contributed by atoms with E-state index in [1.54, 1.807) is 6.20 Å². The van der Waals surface area contributed by atoms with Crippen molar-refractivity contribution < 1.29 is 0 Å². The fraction of sp³-hybridized carbons (Fsp3) is 0.733. The van der Waals surface area contributed by atoms with Gasteiger partial charge in [0.05, 0.1) is 6.04 Å². The van der Waals surface area contributed by atoms with E-state index in [-0.39, 0.29) is 0 Å². The van der Waals surface area contributed by atoms with Gasteiger partial charge in [-0.3, -0.25) is 0 Å². The van der Waals surface area contributed by atoms with Crippen LogP contribution in [0.4, 0.5) is 5.13 Å². The van der Waals surface area contributed by atoms with Crippen LogP contribution in [-0.4, -0.2) is 11.0 Å². The third-order valence-corrected chi connectivity index (χ3v) is 3.70. The van der Waals surface area contributed by atoms with Gasteiger partial charge in [0.2, 0.25) is 5.13 Å². The molecule has 0 saturated carbocycles. The van der Waals surface area contributed by atoms with Crippen molar-refractivity contribution in [1.82, 2.24) is 4.98 Å². The van der Waals surface area contributed by atoms with E-state index >= 15 is 0 Å². The molecule has 0 aliphatic carbocycles. The highest BCUT2D eigenvalue weighted by atomic mass is 32.1. The Morgan fingerprint density at radius 3 is 2.84 bits per heavy atom. The fourth-order valence-electron chi connectivity index (χ4n) is 1.98. The van der Waals surface area contributed by atoms with Crippen LogP contribution in [0.15, 0.2) is 21.8 Å². The van der Waals surface area contributed by atoms with Gasteiger partial charge in [-0.05, 0) is 19.3 Å². The molecule has 0 amide bonds. The molecule has 0 fully saturated rings. The molecule has 1 aromatic heterocycles. The maximum atomic E-state index is 4.43. The Balaban J connectivity index is 2.20. The van der Waals surface area contributed by atoms with E-state index < -0.39 is 0 Å². The minimum Gasteiger partial charge on any atom is -0.226 e. The maximum absolute atomic E-state index is 4.43. The molecule has 0 N–H and O–H groups in total. The van der Waals surface area contributed by atoms with Gasteiger partial charge in [0.1, 0.15) is 0 Å². The largest absolute Gasteiger partial charge is 0.229 e. The lowest BCUT2D eigenvalue weighted by Crippen LogP contribution is -2.03. The topological polar surface area (TPSA) is 37.6 Å². The van der Waals surface area contributed by atoms with Gasteiger partial charge in [-0.2, -0.15) is 5.11 Å². The van der Waals surface area contributed by atoms with E-state index in [4.69, 9.17) is 0 Å². The minimum atomic E-state index is 0.333. The Morgan fingerprint density at radius 2 is 2.16 bits per heavy atom. The fourth-order valence-corrected chi connectivity index (χ4v) is 2.44. The normalized spacial score (nSPS) is 13.2. The van der Waals surface area contributed by atoms with E-state index in [1.807, 2.05) is 5.38 Å². The zero-order chi connectivity index (χ0) is 13.8. The van der Waals surface area contributed by atoms with E-state index in [1.165, 1.54) is 43.4 Å². The molecule has 0 spiro atoms. The van der Waals surface area contributed by atoms with Gasteiger partial charge in [-0.25, -0.2) is 4.98 Å². The van der Waals surface area contributed by atoms with Crippen LogP contribution in [0.2, 0.25) is 0 Å². The first-order valence-electron chi connectivity index (χ1n) is 7.48. The van der Waals surface area contributed by atoms with Crippen LogP contribution >= 0.6 is 11.3 Å². The average Bonchev–Trinajstić information content (AvgIpc) is 2.93. The van der Waals surface area contributed by atoms with Crippen LogP contribution in [0.25, 0.3) is 0 Å². The zero-order valence-electron chi connectivity index (χ0n) is 12.2. The highest BCUT2D eigenvalue weighted by molar-refractivity contribution is 7.13. The summed E-state index contributed by atoms with van der Waals surface area (Å²) < 4.78 is 0. The monoisotopic (exact) mass is 280 g/mol. The second kappa shape index (κ2) is 11.1. The van der Waals surface area contributed by atoms with Gasteiger partial charge in [0, 0.05) is 11.6 Å². The van der Waals surface area contributed by atoms with Crippen LogP contribution in [0.3, 0.4) is 0 Å². The van der Waals surface area contributed by atoms with Crippen LogP contribution in [0.1, 0.15) is 65.2 Å². The minimum absolute atomic E-state index is 0.333. The van der Waals surface area contributed by atoms with Gasteiger partial charge in [0.25, 0.3) is 0 Å². The van der Waals surface area contributed by atoms with Crippen molar-refractivity contribution in [1.29, 1.82) is 0 Å². The van der Waals surface area contributed by atoms with Gasteiger partial charge >= 0.3 is 0 Å². The second-order valence-corrected chi connectivity index (χ2v) is 5.72. The second-order valence-electron chi connectivity index (χ2n) is 4.85. The van der Waals surface area contributed by atoms with Crippen LogP contribution in [0, 0.1) is 6.42 Å². The first-order chi connectivity index (χ1) is 9.36. The lowest BCUT2D eigenvalue weighted by Gasteiger charge is -2.09. The SMILES string of the molecule is CCCCCC[CH]CC(CCC)N=Nc1nccs1. The predicted octanol–water partition coefficient (Wildman–Crippen LogP) is 5.96. The van der Waals surface area contributed by atoms with Crippen molar-refractivity contribution in [2.45, 2.75) is 71.3 Å². The van der Waals surface area contributed by atoms with Crippen molar-refractivity contribution in [2.75, 3.05) is 0 Å². The number of unbranched alkanes of at least 4 members (excludes halogenated alkanes) is 5. The predicted molar refractivity (Wildman–Crippen MR) is 83.0 cm³/mol. The smallest absolute Gasteiger partial charge is 0.226 e. The van der Waals surface area contributed by atoms with Gasteiger partial charge in [-0.15, -0.1) is 16.5 Å². The molecule has 1 radical (unpaired) electrons. The summed E-state index contributed by atoms with van der Waals surface area (Å²) in [5, 5.41) is 11.4. The first kappa shape index (κ1) is 16.3. The number of rotatable bonds is 11. The number of azo groups is 1. The Morgan fingerprint density at radius 1 is 1.26 bits per heavy atom. The third kappa shape index (κ3) is 8.09. The Labute approximate surface area is 121 Å². The number of hydrogen-bond donors (Lipinski definition) is 0. The van der Waals surface area contributed by atoms with Crippen LogP contribution in [0.5, 0.6) is 0 Å². The molecular formula is C15H26N3S. The molecule has 19 heavy (non-hydrogen) atoms. The standard InChI is InChI=1S/C15H26N3S/c1-3-5-6-7-8-9-11-14(10-4-2)17-18-15-16-12-13-19-15/h9,12-14H,3-8,10-11H2,1-2H3. The lowest BCUT2D eigenvalue weighted by atomic mass is 10.0. The summed E-state index contributed by atoms with van der Waals surface area (Å²) in [6.45, 7) is 4.45. The molecule has 0 saturated heterocycles. The molecule has 107 valence electrons. The number of thiazole rings is 1. The molecular weight excluding hydrogens is 254 g/mol. The molecule has 0 aliphatic rings. The van der Waals surface area contributed by atoms with E-state index in [2.05, 4.69) is 35.5 Å². The lowest BCUT2D eigenvalue weighted by molar-refractivity contribution is 0.555. The summed E-state index contributed by atoms with van der Waals surface area (Å²) in [4.78, 5) is 4.13. The molecule has 1 heterocycles. The maximum Gasteiger partial charge on any atom is 0.229 e. The average molecular weight is 280 g/mol. The van der Waals surface area contributed by atoms with Crippen molar-refractivity contribution in [2.24, 2.45) is 10.2 Å². The molecule has 0 aromatic carbocycles. The summed E-state index contributed by atoms with van der Waals surface area (Å²) in [6.07, 6.45) is 14.0. The highest BCUT2D eigenvalue weighted by Crippen LogP contribution is 2.19. The molecule has 3 nitrogen and oxygen atoms in total. The van der Waals surface area contributed by atoms with Gasteiger partial charge in [0.15, 0.2) is 0 Å². The summed E-state index contributed by atoms with van der Waals surface area (Å²) in [7, 11) is 0. The number of aromatic nitrogens is 1. The molecule has 4 heteroatoms. The van der Waals surface area contributed by atoms with Crippen molar-refractivity contribution in [3.05, 3.63) is 18.0 Å². The molecule has 1 unspecified atom stereocenters. The number of nitrogens with zero attached hydrogens (tertiary/aromatic N) is 3. The van der Waals surface area contributed by atoms with E-state index in [0.717, 1.165) is 24.4 Å². The summed E-state index contributed by atoms with van der Waals surface area (Å²) >= 11 is 1.54. The summed E-state index contributed by atoms with van der Waals surface area (Å²) in [5.74, 6) is 0. The highest BCUT2D eigenvalue weighted by Gasteiger charge is 2.06. The molecule has 1 rings (SSSR count). The Bertz CT molecular complexity index is 322. The van der Waals surface area contributed by atoms with Gasteiger partial charge in [-0.1, -0.05) is 52.4 Å². The first-order valence-corrected chi connectivity index (χ1v) is 8.36. The summed E-state index contributed by atoms with van der Waals surface area (Å²) in [5.41, 5.74) is 0. The zero-order valence-corrected chi connectivity index (χ0v) is 13.0. The third-order valence-electron chi connectivity index (χ3n) is 3.05. The van der Waals surface area contributed by atoms with Crippen molar-refractivity contribution in [3.8, 4) is 0 Å². The van der Waals surface area contributed by atoms with Crippen LogP contribution in [-0.2, 0) is 0 Å². The van der Waals surface area contributed by atoms with Crippen molar-refractivity contribution in [3.63, 3.8) is 0 Å². The van der Waals surface area contributed by atoms with E-state index in [0.29, 0.717) is 6.04 Å². The molecule has 1 aromatic rings. The summed E-state index contributed by atoms with van der Waals surface area (Å²) in [6, 6.07) is 0.333. The molecule has 1 atom stereocenters. The van der Waals surface area contributed by atoms with E-state index in [9.17, 15) is 0 Å². The quantitative estimate of drug-likeness (QED) is 0.364. The molecule has 0 aliphatic heterocycles. The Kier molecular flexibility index (Phi) is 9.51. The molecule has 0 bridgehead atoms. The Hall–Kier alpha value is -0.770. The van der Waals surface area contributed by atoms with Gasteiger partial charge < -0.3 is 0 Å². The van der Waals surface area contributed by atoms with Crippen molar-refractivity contribution >= 4 is 16.5 Å². The number of hydrogen-bond acceptors (Lipinski definition) is 4. The van der Waals surface area contributed by atoms with Crippen LogP contribution < -0.4 is 0 Å².